The maximum absolute atomic E-state index is 13.8. The quantitative estimate of drug-likeness (QED) is 0.0851. The monoisotopic (exact) mass is 660 g/mol. The topological polar surface area (TPSA) is 58.4 Å². The summed E-state index contributed by atoms with van der Waals surface area (Å²) in [6.07, 6.45) is -2.99. The van der Waals surface area contributed by atoms with Gasteiger partial charge in [0.1, 0.15) is 17.4 Å². The van der Waals surface area contributed by atoms with Gasteiger partial charge in [-0.2, -0.15) is 18.2 Å². The second-order valence-corrected chi connectivity index (χ2v) is 11.7. The van der Waals surface area contributed by atoms with Crippen molar-refractivity contribution in [2.45, 2.75) is 44.0 Å². The van der Waals surface area contributed by atoms with Gasteiger partial charge in [-0.05, 0) is 59.6 Å². The van der Waals surface area contributed by atoms with Gasteiger partial charge in [-0.3, -0.25) is 9.59 Å². The number of carbonyl (C=O) groups is 1. The number of aromatic nitrogens is 2. The van der Waals surface area contributed by atoms with Crippen molar-refractivity contribution in [3.05, 3.63) is 117 Å². The number of amides is 1. The molecule has 0 aliphatic heterocycles. The molecule has 0 radical (unpaired) electrons. The normalized spacial score (nSPS) is 11.6. The van der Waals surface area contributed by atoms with Crippen LogP contribution < -0.4 is 5.56 Å². The van der Waals surface area contributed by atoms with Gasteiger partial charge in [0, 0.05) is 31.6 Å². The highest BCUT2D eigenvalue weighted by Crippen LogP contribution is 2.31. The van der Waals surface area contributed by atoms with Crippen LogP contribution in [0.3, 0.4) is 0 Å². The summed E-state index contributed by atoms with van der Waals surface area (Å²) in [5, 5.41) is 0.203. The van der Waals surface area contributed by atoms with E-state index in [1.807, 2.05) is 38.1 Å². The predicted octanol–water partition coefficient (Wildman–Crippen LogP) is 7.38. The van der Waals surface area contributed by atoms with E-state index in [4.69, 9.17) is 11.6 Å². The van der Waals surface area contributed by atoms with E-state index in [1.54, 1.807) is 21.6 Å². The van der Waals surface area contributed by atoms with E-state index in [-0.39, 0.29) is 23.3 Å². The summed E-state index contributed by atoms with van der Waals surface area (Å²) in [7, 11) is 0. The average Bonchev–Trinajstić information content (AvgIpc) is 3.02. The largest absolute Gasteiger partial charge is 0.416 e. The number of thioether (sulfide) groups is 1. The molecule has 0 atom stereocenters. The third-order valence-corrected chi connectivity index (χ3v) is 8.63. The number of likely N-dealkylation sites (N-methyl/N-ethyl adjacent to an activating group) is 1. The molecule has 4 aromatic rings. The molecule has 0 unspecified atom stereocenters. The van der Waals surface area contributed by atoms with Crippen molar-refractivity contribution in [2.24, 2.45) is 0 Å². The summed E-state index contributed by atoms with van der Waals surface area (Å²) >= 11 is 7.36. The first-order valence-electron chi connectivity index (χ1n) is 14.4. The van der Waals surface area contributed by atoms with Gasteiger partial charge >= 0.3 is 6.18 Å². The summed E-state index contributed by atoms with van der Waals surface area (Å²) < 4.78 is 53.8. The zero-order chi connectivity index (χ0) is 32.6. The zero-order valence-electron chi connectivity index (χ0n) is 24.9. The summed E-state index contributed by atoms with van der Waals surface area (Å²) in [4.78, 5) is 34.1. The summed E-state index contributed by atoms with van der Waals surface area (Å²) in [6, 6.07) is 18.3. The number of alkyl halides is 3. The zero-order valence-corrected chi connectivity index (χ0v) is 26.4. The van der Waals surface area contributed by atoms with Crippen molar-refractivity contribution in [1.82, 2.24) is 19.4 Å². The average molecular weight is 661 g/mol. The van der Waals surface area contributed by atoms with Gasteiger partial charge in [0.25, 0.3) is 5.56 Å². The fourth-order valence-electron chi connectivity index (χ4n) is 4.62. The molecule has 0 saturated heterocycles. The second kappa shape index (κ2) is 15.6. The number of halogens is 5. The fourth-order valence-corrected chi connectivity index (χ4v) is 5.70. The molecule has 0 aliphatic rings. The molecule has 3 aromatic carbocycles. The van der Waals surface area contributed by atoms with E-state index >= 15 is 0 Å². The third-order valence-electron chi connectivity index (χ3n) is 7.31. The summed E-state index contributed by atoms with van der Waals surface area (Å²) in [5.41, 5.74) is 1.77. The van der Waals surface area contributed by atoms with Gasteiger partial charge < -0.3 is 14.4 Å². The van der Waals surface area contributed by atoms with E-state index in [0.717, 1.165) is 41.9 Å². The van der Waals surface area contributed by atoms with Crippen molar-refractivity contribution < 1.29 is 22.4 Å². The minimum atomic E-state index is -4.40. The van der Waals surface area contributed by atoms with Gasteiger partial charge in [-0.25, -0.2) is 4.39 Å². The van der Waals surface area contributed by atoms with Gasteiger partial charge in [-0.1, -0.05) is 85.7 Å². The Morgan fingerprint density at radius 3 is 2.04 bits per heavy atom. The molecule has 1 amide bonds. The molecule has 0 spiro atoms. The van der Waals surface area contributed by atoms with Crippen LogP contribution in [0.5, 0.6) is 0 Å². The molecule has 6 nitrogen and oxygen atoms in total. The number of benzene rings is 3. The van der Waals surface area contributed by atoms with Crippen molar-refractivity contribution in [1.29, 1.82) is 0 Å². The lowest BCUT2D eigenvalue weighted by molar-refractivity contribution is -0.137. The van der Waals surface area contributed by atoms with Crippen LogP contribution in [-0.2, 0) is 29.8 Å². The Morgan fingerprint density at radius 2 is 1.47 bits per heavy atom. The van der Waals surface area contributed by atoms with E-state index in [1.165, 1.54) is 42.2 Å². The summed E-state index contributed by atoms with van der Waals surface area (Å²) in [5.74, 6) is -0.159. The summed E-state index contributed by atoms with van der Waals surface area (Å²) in [6.45, 7) is 7.03. The Bertz CT molecular complexity index is 1630. The van der Waals surface area contributed by atoms with Crippen LogP contribution in [0.15, 0.2) is 88.9 Å². The van der Waals surface area contributed by atoms with Gasteiger partial charge in [0.15, 0.2) is 5.16 Å². The van der Waals surface area contributed by atoms with Gasteiger partial charge in [-0.15, -0.1) is 0 Å². The Hall–Kier alpha value is -3.67. The first-order chi connectivity index (χ1) is 21.5. The van der Waals surface area contributed by atoms with Gasteiger partial charge in [0.05, 0.1) is 5.56 Å². The first-order valence-corrected chi connectivity index (χ1v) is 15.7. The minimum Gasteiger partial charge on any atom is -0.336 e. The van der Waals surface area contributed by atoms with Gasteiger partial charge in [0.2, 0.25) is 5.91 Å². The van der Waals surface area contributed by atoms with Crippen LogP contribution in [0.25, 0.3) is 11.1 Å². The molecule has 4 rings (SSSR count). The predicted molar refractivity (Wildman–Crippen MR) is 170 cm³/mol. The molecular weight excluding hydrogens is 628 g/mol. The van der Waals surface area contributed by atoms with Crippen LogP contribution in [0.2, 0.25) is 5.02 Å². The lowest BCUT2D eigenvalue weighted by Gasteiger charge is -2.27. The molecule has 0 N–H and O–H groups in total. The van der Waals surface area contributed by atoms with E-state index < -0.39 is 17.3 Å². The van der Waals surface area contributed by atoms with E-state index in [9.17, 15) is 27.2 Å². The molecule has 0 saturated carbocycles. The van der Waals surface area contributed by atoms with Crippen LogP contribution in [0.1, 0.15) is 30.5 Å². The maximum atomic E-state index is 13.8. The van der Waals surface area contributed by atoms with E-state index in [0.29, 0.717) is 36.1 Å². The van der Waals surface area contributed by atoms with Crippen LogP contribution in [0.4, 0.5) is 17.6 Å². The molecule has 238 valence electrons. The van der Waals surface area contributed by atoms with Crippen molar-refractivity contribution >= 4 is 29.3 Å². The number of rotatable bonds is 13. The Labute approximate surface area is 268 Å². The first kappa shape index (κ1) is 34.2. The Balaban J connectivity index is 1.53. The highest BCUT2D eigenvalue weighted by atomic mass is 35.5. The number of nitrogens with zero attached hydrogens (tertiary/aromatic N) is 4. The lowest BCUT2D eigenvalue weighted by Crippen LogP contribution is -2.40. The van der Waals surface area contributed by atoms with Crippen molar-refractivity contribution in [3.63, 3.8) is 0 Å². The van der Waals surface area contributed by atoms with Crippen molar-refractivity contribution in [2.75, 3.05) is 26.2 Å². The number of carbonyl (C=O) groups excluding carboxylic acids is 1. The molecule has 45 heavy (non-hydrogen) atoms. The second-order valence-electron chi connectivity index (χ2n) is 10.3. The van der Waals surface area contributed by atoms with Crippen LogP contribution in [0, 0.1) is 5.82 Å². The molecule has 1 aromatic heterocycles. The number of hydrogen-bond acceptors (Lipinski definition) is 5. The number of hydrogen-bond donors (Lipinski definition) is 0. The molecule has 12 heteroatoms. The maximum Gasteiger partial charge on any atom is 0.416 e. The highest BCUT2D eigenvalue weighted by molar-refractivity contribution is 7.98. The molecular formula is C33H33ClF4N4O2S. The Kier molecular flexibility index (Phi) is 11.8. The SMILES string of the molecule is CCN(CC)CCN(Cc1ccc(-c2ccc(C(F)(F)F)cc2)cc1)C(=O)Cn1cc(Cl)c(=O)nc1SCc1ccc(F)cc1. The molecule has 0 fully saturated rings. The third kappa shape index (κ3) is 9.66. The van der Waals surface area contributed by atoms with Crippen LogP contribution >= 0.6 is 23.4 Å². The fraction of sp³-hybridized carbons (Fsp3) is 0.303. The van der Waals surface area contributed by atoms with E-state index in [2.05, 4.69) is 9.88 Å². The standard InChI is InChI=1S/C33H33ClF4N4O2S/c1-3-40(4-2)17-18-41(19-23-5-9-25(10-6-23)26-11-13-27(14-12-26)33(36,37)38)30(43)21-42-20-29(34)31(44)39-32(42)45-22-24-7-15-28(35)16-8-24/h5-16,20H,3-4,17-19,21-22H2,1-2H3. The molecule has 0 bridgehead atoms. The Morgan fingerprint density at radius 1 is 0.889 bits per heavy atom. The smallest absolute Gasteiger partial charge is 0.336 e. The highest BCUT2D eigenvalue weighted by Gasteiger charge is 2.30. The lowest BCUT2D eigenvalue weighted by atomic mass is 10.0. The minimum absolute atomic E-state index is 0.109. The van der Waals surface area contributed by atoms with Crippen LogP contribution in [-0.4, -0.2) is 51.4 Å². The molecule has 1 heterocycles. The van der Waals surface area contributed by atoms with Crippen molar-refractivity contribution in [3.8, 4) is 11.1 Å². The molecule has 0 aliphatic carbocycles.